The summed E-state index contributed by atoms with van der Waals surface area (Å²) in [4.78, 5) is 38.5. The van der Waals surface area contributed by atoms with E-state index in [0.29, 0.717) is 16.8 Å². The Balaban J connectivity index is 1.48. The van der Waals surface area contributed by atoms with Gasteiger partial charge in [0.25, 0.3) is 5.91 Å². The van der Waals surface area contributed by atoms with Crippen LogP contribution in [0.3, 0.4) is 0 Å². The number of amides is 3. The molecule has 158 valence electrons. The Hall–Kier alpha value is -3.74. The predicted molar refractivity (Wildman–Crippen MR) is 103 cm³/mol. The molecule has 1 saturated heterocycles. The minimum atomic E-state index is -2.85. The lowest BCUT2D eigenvalue weighted by Crippen LogP contribution is -2.51. The fraction of sp³-hybridized carbons (Fsp3) is 0.333. The molecule has 4 rings (SSSR count). The van der Waals surface area contributed by atoms with Crippen molar-refractivity contribution in [3.05, 3.63) is 47.7 Å². The van der Waals surface area contributed by atoms with E-state index in [0.717, 1.165) is 4.90 Å². The van der Waals surface area contributed by atoms with Gasteiger partial charge in [0.2, 0.25) is 5.92 Å². The number of halogens is 2. The number of rotatable bonds is 4. The topological polar surface area (TPSA) is 116 Å². The second-order valence-electron chi connectivity index (χ2n) is 7.67. The standard InChI is InChI=1S/C21H17F2N5O3/c22-21(23)8-6-20(7-9-21)18(30)28(19(31)26-20)12-16(29)13-1-3-14(4-2-13)17-15(11-24)5-10-25-27-17/h1-5,10H,6-9,12H2,(H,26,31). The maximum Gasteiger partial charge on any atom is 0.325 e. The van der Waals surface area contributed by atoms with Crippen molar-refractivity contribution in [1.82, 2.24) is 20.4 Å². The molecule has 0 unspecified atom stereocenters. The van der Waals surface area contributed by atoms with Crippen LogP contribution >= 0.6 is 0 Å². The third-order valence-electron chi connectivity index (χ3n) is 5.70. The summed E-state index contributed by atoms with van der Waals surface area (Å²) in [6.07, 6.45) is 0.0928. The zero-order valence-corrected chi connectivity index (χ0v) is 16.3. The molecule has 2 heterocycles. The van der Waals surface area contributed by atoms with Gasteiger partial charge in [-0.2, -0.15) is 10.4 Å². The Morgan fingerprint density at radius 2 is 1.81 bits per heavy atom. The smallest absolute Gasteiger partial charge is 0.323 e. The number of ketones is 1. The zero-order valence-electron chi connectivity index (χ0n) is 16.3. The lowest BCUT2D eigenvalue weighted by atomic mass is 9.80. The summed E-state index contributed by atoms with van der Waals surface area (Å²) in [6, 6.07) is 8.98. The molecule has 1 aromatic heterocycles. The number of nitrogens with one attached hydrogen (secondary N) is 1. The minimum absolute atomic E-state index is 0.163. The quantitative estimate of drug-likeness (QED) is 0.595. The van der Waals surface area contributed by atoms with E-state index in [4.69, 9.17) is 0 Å². The first-order valence-electron chi connectivity index (χ1n) is 9.62. The van der Waals surface area contributed by atoms with Crippen molar-refractivity contribution >= 4 is 17.7 Å². The number of imide groups is 1. The molecule has 31 heavy (non-hydrogen) atoms. The van der Waals surface area contributed by atoms with Crippen LogP contribution in [0.15, 0.2) is 36.5 Å². The third kappa shape index (κ3) is 3.74. The molecule has 1 N–H and O–H groups in total. The van der Waals surface area contributed by atoms with E-state index in [1.54, 1.807) is 12.1 Å². The van der Waals surface area contributed by atoms with Crippen LogP contribution in [0.25, 0.3) is 11.3 Å². The molecule has 1 saturated carbocycles. The second-order valence-corrected chi connectivity index (χ2v) is 7.67. The van der Waals surface area contributed by atoms with Crippen LogP contribution in [0.2, 0.25) is 0 Å². The lowest BCUT2D eigenvalue weighted by molar-refractivity contribution is -0.135. The van der Waals surface area contributed by atoms with Crippen LogP contribution in [-0.2, 0) is 4.79 Å². The molecule has 1 spiro atoms. The molecule has 2 aromatic rings. The van der Waals surface area contributed by atoms with Gasteiger partial charge in [0.1, 0.15) is 17.3 Å². The number of hydrogen-bond donors (Lipinski definition) is 1. The highest BCUT2D eigenvalue weighted by molar-refractivity contribution is 6.11. The van der Waals surface area contributed by atoms with Crippen LogP contribution in [0.1, 0.15) is 41.6 Å². The molecule has 1 aliphatic carbocycles. The Morgan fingerprint density at radius 3 is 2.45 bits per heavy atom. The number of carbonyl (C=O) groups is 3. The van der Waals surface area contributed by atoms with Gasteiger partial charge in [0.05, 0.1) is 18.3 Å². The number of alkyl halides is 2. The van der Waals surface area contributed by atoms with Gasteiger partial charge in [0, 0.05) is 24.0 Å². The first-order valence-corrected chi connectivity index (χ1v) is 9.62. The normalized spacial score (nSPS) is 19.2. The van der Waals surface area contributed by atoms with Gasteiger partial charge in [-0.25, -0.2) is 13.6 Å². The number of nitriles is 1. The number of carbonyl (C=O) groups excluding carboxylic acids is 3. The molecule has 0 radical (unpaired) electrons. The lowest BCUT2D eigenvalue weighted by Gasteiger charge is -2.34. The highest BCUT2D eigenvalue weighted by Gasteiger charge is 2.55. The van der Waals surface area contributed by atoms with Gasteiger partial charge >= 0.3 is 6.03 Å². The molecule has 3 amide bonds. The molecule has 1 aliphatic heterocycles. The molecule has 0 bridgehead atoms. The summed E-state index contributed by atoms with van der Waals surface area (Å²) in [5.74, 6) is -3.97. The molecule has 10 heteroatoms. The third-order valence-corrected chi connectivity index (χ3v) is 5.70. The van der Waals surface area contributed by atoms with Gasteiger partial charge < -0.3 is 5.32 Å². The molecular weight excluding hydrogens is 408 g/mol. The number of Topliss-reactive ketones (excluding diaryl/α,β-unsaturated/α-hetero) is 1. The maximum absolute atomic E-state index is 13.5. The summed E-state index contributed by atoms with van der Waals surface area (Å²) in [5, 5.41) is 19.4. The van der Waals surface area contributed by atoms with Crippen molar-refractivity contribution in [1.29, 1.82) is 5.26 Å². The molecular formula is C21H17F2N5O3. The van der Waals surface area contributed by atoms with Gasteiger partial charge in [0.15, 0.2) is 5.78 Å². The largest absolute Gasteiger partial charge is 0.325 e. The average Bonchev–Trinajstić information content (AvgIpc) is 3.00. The van der Waals surface area contributed by atoms with E-state index in [2.05, 4.69) is 15.5 Å². The summed E-state index contributed by atoms with van der Waals surface area (Å²) in [7, 11) is 0. The molecule has 2 fully saturated rings. The fourth-order valence-corrected chi connectivity index (χ4v) is 3.89. The predicted octanol–water partition coefficient (Wildman–Crippen LogP) is 2.70. The summed E-state index contributed by atoms with van der Waals surface area (Å²) < 4.78 is 27.0. The van der Waals surface area contributed by atoms with E-state index >= 15 is 0 Å². The minimum Gasteiger partial charge on any atom is -0.323 e. The Labute approximate surface area is 175 Å². The number of nitrogens with zero attached hydrogens (tertiary/aromatic N) is 4. The highest BCUT2D eigenvalue weighted by atomic mass is 19.3. The SMILES string of the molecule is N#Cc1ccnnc1-c1ccc(C(=O)CN2C(=O)NC3(CCC(F)(F)CC3)C2=O)cc1. The Morgan fingerprint density at radius 1 is 1.13 bits per heavy atom. The molecule has 2 aliphatic rings. The summed E-state index contributed by atoms with van der Waals surface area (Å²) in [5.41, 5.74) is 0.176. The van der Waals surface area contributed by atoms with Crippen molar-refractivity contribution in [3.63, 3.8) is 0 Å². The maximum atomic E-state index is 13.5. The number of benzene rings is 1. The number of aromatic nitrogens is 2. The van der Waals surface area contributed by atoms with Crippen molar-refractivity contribution in [2.45, 2.75) is 37.1 Å². The van der Waals surface area contributed by atoms with E-state index in [1.807, 2.05) is 6.07 Å². The van der Waals surface area contributed by atoms with Gasteiger partial charge in [-0.3, -0.25) is 14.5 Å². The van der Waals surface area contributed by atoms with E-state index < -0.39 is 48.6 Å². The van der Waals surface area contributed by atoms with E-state index in [9.17, 15) is 28.4 Å². The second kappa shape index (κ2) is 7.50. The number of urea groups is 1. The van der Waals surface area contributed by atoms with Crippen molar-refractivity contribution < 1.29 is 23.2 Å². The van der Waals surface area contributed by atoms with Crippen LogP contribution in [0.4, 0.5) is 13.6 Å². The van der Waals surface area contributed by atoms with Gasteiger partial charge in [-0.05, 0) is 18.9 Å². The van der Waals surface area contributed by atoms with E-state index in [-0.39, 0.29) is 18.4 Å². The van der Waals surface area contributed by atoms with E-state index in [1.165, 1.54) is 24.4 Å². The van der Waals surface area contributed by atoms with Crippen LogP contribution in [-0.4, -0.2) is 50.8 Å². The van der Waals surface area contributed by atoms with Crippen molar-refractivity contribution in [2.24, 2.45) is 0 Å². The van der Waals surface area contributed by atoms with Crippen LogP contribution in [0, 0.1) is 11.3 Å². The average molecular weight is 425 g/mol. The van der Waals surface area contributed by atoms with Crippen LogP contribution in [0.5, 0.6) is 0 Å². The first-order chi connectivity index (χ1) is 14.7. The Bertz CT molecular complexity index is 1100. The molecule has 0 atom stereocenters. The van der Waals surface area contributed by atoms with Gasteiger partial charge in [-0.15, -0.1) is 5.10 Å². The summed E-state index contributed by atoms with van der Waals surface area (Å²) >= 11 is 0. The van der Waals surface area contributed by atoms with Crippen LogP contribution < -0.4 is 5.32 Å². The number of hydrogen-bond acceptors (Lipinski definition) is 6. The van der Waals surface area contributed by atoms with Crippen molar-refractivity contribution in [2.75, 3.05) is 6.54 Å². The first kappa shape index (κ1) is 20.5. The van der Waals surface area contributed by atoms with Gasteiger partial charge in [-0.1, -0.05) is 24.3 Å². The fourth-order valence-electron chi connectivity index (χ4n) is 3.89. The van der Waals surface area contributed by atoms with Crippen molar-refractivity contribution in [3.8, 4) is 17.3 Å². The zero-order chi connectivity index (χ0) is 22.2. The Kier molecular flexibility index (Phi) is 4.97. The molecule has 8 nitrogen and oxygen atoms in total. The summed E-state index contributed by atoms with van der Waals surface area (Å²) in [6.45, 7) is -0.489. The molecule has 1 aromatic carbocycles. The monoisotopic (exact) mass is 425 g/mol. The highest BCUT2D eigenvalue weighted by Crippen LogP contribution is 2.41.